The summed E-state index contributed by atoms with van der Waals surface area (Å²) in [6.45, 7) is 0. The fourth-order valence-electron chi connectivity index (χ4n) is 2.74. The van der Waals surface area contributed by atoms with Gasteiger partial charge in [-0.15, -0.1) is 11.3 Å². The van der Waals surface area contributed by atoms with Crippen molar-refractivity contribution in [2.24, 2.45) is 5.92 Å². The number of carbonyl (C=O) groups excluding carboxylic acids is 1. The van der Waals surface area contributed by atoms with Gasteiger partial charge in [0.25, 0.3) is 0 Å². The van der Waals surface area contributed by atoms with Crippen LogP contribution in [-0.4, -0.2) is 19.0 Å². The van der Waals surface area contributed by atoms with Crippen molar-refractivity contribution in [2.75, 3.05) is 7.11 Å². The Morgan fingerprint density at radius 1 is 1.44 bits per heavy atom. The summed E-state index contributed by atoms with van der Waals surface area (Å²) in [6, 6.07) is 4.01. The zero-order valence-electron chi connectivity index (χ0n) is 10.7. The van der Waals surface area contributed by atoms with E-state index in [9.17, 15) is 4.79 Å². The van der Waals surface area contributed by atoms with E-state index in [0.717, 1.165) is 21.5 Å². The summed E-state index contributed by atoms with van der Waals surface area (Å²) in [4.78, 5) is 13.4. The summed E-state index contributed by atoms with van der Waals surface area (Å²) in [5.41, 5.74) is 0. The van der Waals surface area contributed by atoms with Gasteiger partial charge in [0.2, 0.25) is 0 Å². The standard InChI is InChI=1S/C14H19BrO2S/c1-17-14(10-5-3-2-4-6-10)12(16)9-11-7-8-13(15)18-11/h7-8,10,14H,2-6,9H2,1H3. The van der Waals surface area contributed by atoms with Gasteiger partial charge in [-0.05, 0) is 46.8 Å². The molecule has 0 amide bonds. The second kappa shape index (κ2) is 6.83. The number of ketones is 1. The van der Waals surface area contributed by atoms with Crippen molar-refractivity contribution < 1.29 is 9.53 Å². The maximum absolute atomic E-state index is 12.3. The quantitative estimate of drug-likeness (QED) is 0.808. The monoisotopic (exact) mass is 330 g/mol. The van der Waals surface area contributed by atoms with E-state index in [4.69, 9.17) is 4.74 Å². The van der Waals surface area contributed by atoms with Gasteiger partial charge in [-0.25, -0.2) is 0 Å². The molecule has 100 valence electrons. The van der Waals surface area contributed by atoms with E-state index in [2.05, 4.69) is 15.9 Å². The van der Waals surface area contributed by atoms with Crippen LogP contribution in [0.5, 0.6) is 0 Å². The number of halogens is 1. The van der Waals surface area contributed by atoms with Crippen molar-refractivity contribution in [2.45, 2.75) is 44.6 Å². The van der Waals surface area contributed by atoms with Crippen LogP contribution in [0.4, 0.5) is 0 Å². The van der Waals surface area contributed by atoms with Gasteiger partial charge in [0.1, 0.15) is 6.10 Å². The third-order valence-corrected chi connectivity index (χ3v) is 5.25. The van der Waals surface area contributed by atoms with Crippen LogP contribution in [0.1, 0.15) is 37.0 Å². The lowest BCUT2D eigenvalue weighted by Crippen LogP contribution is -2.34. The highest BCUT2D eigenvalue weighted by atomic mass is 79.9. The second-order valence-electron chi connectivity index (χ2n) is 4.90. The van der Waals surface area contributed by atoms with E-state index in [1.807, 2.05) is 12.1 Å². The van der Waals surface area contributed by atoms with Gasteiger partial charge < -0.3 is 4.74 Å². The highest BCUT2D eigenvalue weighted by Crippen LogP contribution is 2.29. The van der Waals surface area contributed by atoms with Crippen LogP contribution in [0.3, 0.4) is 0 Å². The van der Waals surface area contributed by atoms with Gasteiger partial charge in [0.05, 0.1) is 3.79 Å². The highest BCUT2D eigenvalue weighted by Gasteiger charge is 2.29. The fraction of sp³-hybridized carbons (Fsp3) is 0.643. The molecule has 18 heavy (non-hydrogen) atoms. The molecular formula is C14H19BrO2S. The van der Waals surface area contributed by atoms with Crippen LogP contribution in [-0.2, 0) is 16.0 Å². The van der Waals surface area contributed by atoms with Crippen molar-refractivity contribution >= 4 is 33.0 Å². The molecule has 0 bridgehead atoms. The molecule has 1 atom stereocenters. The molecule has 1 aromatic heterocycles. The Labute approximate surface area is 121 Å². The Kier molecular flexibility index (Phi) is 5.39. The molecule has 0 aliphatic heterocycles. The Morgan fingerprint density at radius 2 is 2.17 bits per heavy atom. The highest BCUT2D eigenvalue weighted by molar-refractivity contribution is 9.11. The minimum absolute atomic E-state index is 0.203. The largest absolute Gasteiger partial charge is 0.373 e. The second-order valence-corrected chi connectivity index (χ2v) is 7.45. The van der Waals surface area contributed by atoms with Crippen LogP contribution in [0.25, 0.3) is 0 Å². The number of carbonyl (C=O) groups is 1. The summed E-state index contributed by atoms with van der Waals surface area (Å²) >= 11 is 5.06. The number of methoxy groups -OCH3 is 1. The van der Waals surface area contributed by atoms with Gasteiger partial charge in [0.15, 0.2) is 5.78 Å². The van der Waals surface area contributed by atoms with Crippen LogP contribution in [0.2, 0.25) is 0 Å². The molecule has 0 saturated heterocycles. The summed E-state index contributed by atoms with van der Waals surface area (Å²) in [6.07, 6.45) is 6.36. The van der Waals surface area contributed by atoms with E-state index in [1.165, 1.54) is 19.3 Å². The molecule has 2 rings (SSSR count). The molecule has 1 aliphatic carbocycles. The van der Waals surface area contributed by atoms with Crippen LogP contribution in [0.15, 0.2) is 15.9 Å². The average molecular weight is 331 g/mol. The maximum atomic E-state index is 12.3. The van der Waals surface area contributed by atoms with Gasteiger partial charge in [-0.1, -0.05) is 19.3 Å². The minimum Gasteiger partial charge on any atom is -0.373 e. The first-order valence-corrected chi connectivity index (χ1v) is 8.11. The third kappa shape index (κ3) is 3.65. The first kappa shape index (κ1) is 14.2. The van der Waals surface area contributed by atoms with Gasteiger partial charge in [0, 0.05) is 18.4 Å². The molecule has 0 spiro atoms. The Balaban J connectivity index is 1.96. The van der Waals surface area contributed by atoms with E-state index in [0.29, 0.717) is 12.3 Å². The summed E-state index contributed by atoms with van der Waals surface area (Å²) in [5.74, 6) is 0.665. The van der Waals surface area contributed by atoms with Crippen LogP contribution < -0.4 is 0 Å². The lowest BCUT2D eigenvalue weighted by Gasteiger charge is -2.28. The SMILES string of the molecule is COC(C(=O)Cc1ccc(Br)s1)C1CCCCC1. The number of ether oxygens (including phenoxy) is 1. The number of hydrogen-bond acceptors (Lipinski definition) is 3. The summed E-state index contributed by atoms with van der Waals surface area (Å²) in [5, 5.41) is 0. The molecule has 1 saturated carbocycles. The van der Waals surface area contributed by atoms with Crippen molar-refractivity contribution in [1.29, 1.82) is 0 Å². The van der Waals surface area contributed by atoms with Crippen molar-refractivity contribution in [3.63, 3.8) is 0 Å². The number of hydrogen-bond donors (Lipinski definition) is 0. The lowest BCUT2D eigenvalue weighted by molar-refractivity contribution is -0.132. The normalized spacial score (nSPS) is 18.8. The van der Waals surface area contributed by atoms with Gasteiger partial charge >= 0.3 is 0 Å². The first-order chi connectivity index (χ1) is 8.70. The molecule has 1 aromatic rings. The first-order valence-electron chi connectivity index (χ1n) is 6.50. The molecule has 0 N–H and O–H groups in total. The third-order valence-electron chi connectivity index (χ3n) is 3.63. The zero-order chi connectivity index (χ0) is 13.0. The Morgan fingerprint density at radius 3 is 2.72 bits per heavy atom. The number of Topliss-reactive ketones (excluding diaryl/α,β-unsaturated/α-hetero) is 1. The molecule has 0 aromatic carbocycles. The molecular weight excluding hydrogens is 312 g/mol. The Bertz CT molecular complexity index is 396. The minimum atomic E-state index is -0.203. The average Bonchev–Trinajstić information content (AvgIpc) is 2.77. The molecule has 4 heteroatoms. The molecule has 1 aliphatic rings. The number of thiophene rings is 1. The predicted octanol–water partition coefficient (Wildman–Crippen LogP) is 4.22. The summed E-state index contributed by atoms with van der Waals surface area (Å²) < 4.78 is 6.55. The predicted molar refractivity (Wildman–Crippen MR) is 78.1 cm³/mol. The molecule has 1 unspecified atom stereocenters. The van der Waals surface area contributed by atoms with E-state index >= 15 is 0 Å². The summed E-state index contributed by atoms with van der Waals surface area (Å²) in [7, 11) is 1.67. The van der Waals surface area contributed by atoms with E-state index in [1.54, 1.807) is 18.4 Å². The van der Waals surface area contributed by atoms with Crippen molar-refractivity contribution in [1.82, 2.24) is 0 Å². The fourth-order valence-corrected chi connectivity index (χ4v) is 4.24. The maximum Gasteiger partial charge on any atom is 0.166 e. The zero-order valence-corrected chi connectivity index (χ0v) is 13.1. The molecule has 2 nitrogen and oxygen atoms in total. The molecule has 1 heterocycles. The van der Waals surface area contributed by atoms with Crippen molar-refractivity contribution in [3.8, 4) is 0 Å². The number of rotatable bonds is 5. The van der Waals surface area contributed by atoms with E-state index < -0.39 is 0 Å². The Hall–Kier alpha value is -0.190. The van der Waals surface area contributed by atoms with Gasteiger partial charge in [-0.3, -0.25) is 4.79 Å². The topological polar surface area (TPSA) is 26.3 Å². The smallest absolute Gasteiger partial charge is 0.166 e. The van der Waals surface area contributed by atoms with E-state index in [-0.39, 0.29) is 11.9 Å². The molecule has 0 radical (unpaired) electrons. The van der Waals surface area contributed by atoms with Crippen LogP contribution >= 0.6 is 27.3 Å². The molecule has 1 fully saturated rings. The lowest BCUT2D eigenvalue weighted by atomic mass is 9.83. The van der Waals surface area contributed by atoms with Crippen LogP contribution in [0, 0.1) is 5.92 Å². The van der Waals surface area contributed by atoms with Crippen molar-refractivity contribution in [3.05, 3.63) is 20.8 Å². The van der Waals surface area contributed by atoms with Gasteiger partial charge in [-0.2, -0.15) is 0 Å².